The van der Waals surface area contributed by atoms with Gasteiger partial charge in [-0.3, -0.25) is 0 Å². The van der Waals surface area contributed by atoms with Crippen molar-refractivity contribution in [1.82, 2.24) is 0 Å². The quantitative estimate of drug-likeness (QED) is 0.266. The maximum absolute atomic E-state index is 15.1. The van der Waals surface area contributed by atoms with E-state index in [-0.39, 0.29) is 29.0 Å². The monoisotopic (exact) mass is 470 g/mol. The Morgan fingerprint density at radius 1 is 0.735 bits per heavy atom. The van der Waals surface area contributed by atoms with Crippen LogP contribution in [0.25, 0.3) is 11.1 Å². The Bertz CT molecular complexity index is 994. The largest absolute Gasteiger partial charge is 0.207 e. The molecule has 0 radical (unpaired) electrons. The second kappa shape index (κ2) is 10.9. The van der Waals surface area contributed by atoms with Gasteiger partial charge in [0.25, 0.3) is 0 Å². The average molecular weight is 471 g/mol. The Morgan fingerprint density at radius 2 is 1.35 bits per heavy atom. The summed E-state index contributed by atoms with van der Waals surface area (Å²) >= 11 is 0. The van der Waals surface area contributed by atoms with E-state index in [1.165, 1.54) is 37.8 Å². The highest BCUT2D eigenvalue weighted by Crippen LogP contribution is 2.48. The Labute approximate surface area is 200 Å². The van der Waals surface area contributed by atoms with Crippen LogP contribution in [0.1, 0.15) is 74.8 Å². The molecule has 182 valence electrons. The average Bonchev–Trinajstić information content (AvgIpc) is 2.81. The van der Waals surface area contributed by atoms with Crippen LogP contribution in [-0.4, -0.2) is 0 Å². The van der Waals surface area contributed by atoms with Gasteiger partial charge in [0.05, 0.1) is 5.56 Å². The molecule has 0 nitrogen and oxygen atoms in total. The van der Waals surface area contributed by atoms with Crippen LogP contribution in [-0.2, 0) is 6.42 Å². The number of allylic oxidation sites excluding steroid dienone is 2. The lowest BCUT2D eigenvalue weighted by molar-refractivity contribution is 0.115. The zero-order valence-corrected chi connectivity index (χ0v) is 19.8. The maximum Gasteiger partial charge on any atom is 0.134 e. The second-order valence-corrected chi connectivity index (χ2v) is 10.2. The van der Waals surface area contributed by atoms with Crippen molar-refractivity contribution in [3.8, 4) is 11.1 Å². The number of hydrogen-bond acceptors (Lipinski definition) is 0. The van der Waals surface area contributed by atoms with E-state index in [0.717, 1.165) is 43.7 Å². The van der Waals surface area contributed by atoms with Crippen LogP contribution in [0.15, 0.2) is 49.6 Å². The molecule has 2 aromatic carbocycles. The van der Waals surface area contributed by atoms with Gasteiger partial charge in [0, 0.05) is 5.56 Å². The van der Waals surface area contributed by atoms with Gasteiger partial charge in [-0.2, -0.15) is 0 Å². The first kappa shape index (κ1) is 24.8. The molecule has 4 heteroatoms. The molecule has 0 aromatic heterocycles. The van der Waals surface area contributed by atoms with E-state index in [1.54, 1.807) is 6.08 Å². The minimum Gasteiger partial charge on any atom is -0.207 e. The molecule has 0 spiro atoms. The summed E-state index contributed by atoms with van der Waals surface area (Å²) in [6.07, 6.45) is 13.1. The molecular formula is C30H34F4. The summed E-state index contributed by atoms with van der Waals surface area (Å²) in [4.78, 5) is 0. The summed E-state index contributed by atoms with van der Waals surface area (Å²) in [5.41, 5.74) is 0.0975. The number of benzene rings is 2. The third kappa shape index (κ3) is 5.31. The molecule has 2 fully saturated rings. The number of rotatable bonds is 8. The van der Waals surface area contributed by atoms with Crippen molar-refractivity contribution in [1.29, 1.82) is 0 Å². The third-order valence-corrected chi connectivity index (χ3v) is 8.06. The summed E-state index contributed by atoms with van der Waals surface area (Å²) in [7, 11) is 0. The Hall–Kier alpha value is -2.36. The summed E-state index contributed by atoms with van der Waals surface area (Å²) in [5, 5.41) is 0. The molecular weight excluding hydrogens is 436 g/mol. The van der Waals surface area contributed by atoms with Crippen LogP contribution in [0.4, 0.5) is 17.6 Å². The molecule has 2 aromatic rings. The zero-order valence-electron chi connectivity index (χ0n) is 19.8. The summed E-state index contributed by atoms with van der Waals surface area (Å²) in [6.45, 7) is 7.39. The minimum absolute atomic E-state index is 0.0861. The first-order valence-corrected chi connectivity index (χ1v) is 12.6. The number of hydrogen-bond donors (Lipinski definition) is 0. The molecule has 2 aliphatic carbocycles. The highest BCUT2D eigenvalue weighted by Gasteiger charge is 2.36. The molecule has 2 aliphatic rings. The summed E-state index contributed by atoms with van der Waals surface area (Å²) in [6, 6.07) is 4.80. The van der Waals surface area contributed by atoms with Gasteiger partial charge in [0.2, 0.25) is 0 Å². The lowest BCUT2D eigenvalue weighted by Crippen LogP contribution is -2.30. The zero-order chi connectivity index (χ0) is 24.2. The molecule has 0 heterocycles. The molecule has 0 saturated heterocycles. The van der Waals surface area contributed by atoms with E-state index in [4.69, 9.17) is 0 Å². The molecule has 0 amide bonds. The standard InChI is InChI=1S/C30H34F4/c1-3-5-7-19-9-10-21-14-22(12-11-20(21)13-19)23-15-28(33)30(29(34)16-23)24-17-26(31)25(8-6-4-2)27(32)18-24/h3-4,15-22H,1-2,5-14H2. The van der Waals surface area contributed by atoms with E-state index < -0.39 is 23.3 Å². The van der Waals surface area contributed by atoms with Crippen LogP contribution >= 0.6 is 0 Å². The van der Waals surface area contributed by atoms with Crippen molar-refractivity contribution in [3.05, 3.63) is 84.0 Å². The topological polar surface area (TPSA) is 0 Å². The second-order valence-electron chi connectivity index (χ2n) is 10.2. The molecule has 4 unspecified atom stereocenters. The van der Waals surface area contributed by atoms with Crippen molar-refractivity contribution >= 4 is 0 Å². The van der Waals surface area contributed by atoms with Gasteiger partial charge in [-0.25, -0.2) is 17.6 Å². The summed E-state index contributed by atoms with van der Waals surface area (Å²) < 4.78 is 59.2. The van der Waals surface area contributed by atoms with Crippen LogP contribution < -0.4 is 0 Å². The lowest BCUT2D eigenvalue weighted by atomic mass is 9.63. The molecule has 34 heavy (non-hydrogen) atoms. The van der Waals surface area contributed by atoms with Gasteiger partial charge in [-0.15, -0.1) is 13.2 Å². The third-order valence-electron chi connectivity index (χ3n) is 8.06. The minimum atomic E-state index is -0.790. The number of halogens is 4. The van der Waals surface area contributed by atoms with Crippen molar-refractivity contribution in [3.63, 3.8) is 0 Å². The van der Waals surface area contributed by atoms with Gasteiger partial charge in [0.1, 0.15) is 23.3 Å². The lowest BCUT2D eigenvalue weighted by Gasteiger charge is -2.42. The van der Waals surface area contributed by atoms with Gasteiger partial charge in [0.15, 0.2) is 0 Å². The van der Waals surface area contributed by atoms with Gasteiger partial charge in [-0.05, 0) is 117 Å². The van der Waals surface area contributed by atoms with Crippen molar-refractivity contribution in [2.45, 2.75) is 70.1 Å². The van der Waals surface area contributed by atoms with Crippen LogP contribution in [0.3, 0.4) is 0 Å². The first-order valence-electron chi connectivity index (χ1n) is 12.6. The highest BCUT2D eigenvalue weighted by molar-refractivity contribution is 5.66. The van der Waals surface area contributed by atoms with E-state index in [0.29, 0.717) is 23.8 Å². The van der Waals surface area contributed by atoms with Gasteiger partial charge < -0.3 is 0 Å². The van der Waals surface area contributed by atoms with E-state index in [2.05, 4.69) is 13.2 Å². The van der Waals surface area contributed by atoms with Crippen molar-refractivity contribution in [2.75, 3.05) is 0 Å². The molecule has 2 saturated carbocycles. The summed E-state index contributed by atoms with van der Waals surface area (Å²) in [5.74, 6) is -0.892. The fraction of sp³-hybridized carbons (Fsp3) is 0.467. The first-order chi connectivity index (χ1) is 16.4. The van der Waals surface area contributed by atoms with Crippen LogP contribution in [0, 0.1) is 41.0 Å². The molecule has 4 atom stereocenters. The van der Waals surface area contributed by atoms with Crippen LogP contribution in [0.2, 0.25) is 0 Å². The van der Waals surface area contributed by atoms with E-state index in [1.807, 2.05) is 6.08 Å². The Kier molecular flexibility index (Phi) is 7.95. The highest BCUT2D eigenvalue weighted by atomic mass is 19.1. The molecule has 4 rings (SSSR count). The fourth-order valence-corrected chi connectivity index (χ4v) is 6.24. The predicted octanol–water partition coefficient (Wildman–Crippen LogP) is 9.29. The fourth-order valence-electron chi connectivity index (χ4n) is 6.24. The SMILES string of the molecule is C=CCCc1c(F)cc(-c2c(F)cc(C3CCC4CC(CCC=C)CCC4C3)cc2F)cc1F. The molecule has 0 bridgehead atoms. The van der Waals surface area contributed by atoms with Crippen molar-refractivity contribution in [2.24, 2.45) is 17.8 Å². The van der Waals surface area contributed by atoms with E-state index in [9.17, 15) is 8.78 Å². The molecule has 0 aliphatic heterocycles. The predicted molar refractivity (Wildman–Crippen MR) is 131 cm³/mol. The Balaban J connectivity index is 1.51. The smallest absolute Gasteiger partial charge is 0.134 e. The maximum atomic E-state index is 15.1. The number of fused-ring (bicyclic) bond motifs is 1. The van der Waals surface area contributed by atoms with Crippen LogP contribution in [0.5, 0.6) is 0 Å². The molecule has 0 N–H and O–H groups in total. The Morgan fingerprint density at radius 3 is 2.00 bits per heavy atom. The van der Waals surface area contributed by atoms with Gasteiger partial charge in [-0.1, -0.05) is 18.6 Å². The van der Waals surface area contributed by atoms with Gasteiger partial charge >= 0.3 is 0 Å². The van der Waals surface area contributed by atoms with E-state index >= 15 is 8.78 Å². The normalized spacial score (nSPS) is 24.5. The van der Waals surface area contributed by atoms with Crippen molar-refractivity contribution < 1.29 is 17.6 Å².